The van der Waals surface area contributed by atoms with E-state index < -0.39 is 86.8 Å². The molecule has 14 heteroatoms. The molecule has 12 atom stereocenters. The number of carbonyl (C=O) groups is 1. The number of unbranched alkanes of at least 4 members (excludes halogenated alkanes) is 22. The van der Waals surface area contributed by atoms with Crippen LogP contribution in [0.3, 0.4) is 0 Å². The molecule has 12 unspecified atom stereocenters. The lowest BCUT2D eigenvalue weighted by Crippen LogP contribution is -2.65. The summed E-state index contributed by atoms with van der Waals surface area (Å²) in [6, 6.07) is -0.818. The second-order valence-corrected chi connectivity index (χ2v) is 16.9. The molecule has 2 saturated heterocycles. The van der Waals surface area contributed by atoms with Gasteiger partial charge in [-0.15, -0.1) is 0 Å². The van der Waals surface area contributed by atoms with Crippen molar-refractivity contribution in [2.45, 2.75) is 254 Å². The Hall–Kier alpha value is -1.01. The Labute approximate surface area is 349 Å². The average molecular weight is 836 g/mol. The Bertz CT molecular complexity index is 993. The molecule has 0 aliphatic carbocycles. The molecule has 2 aliphatic rings. The summed E-state index contributed by atoms with van der Waals surface area (Å²) in [5.41, 5.74) is 0. The summed E-state index contributed by atoms with van der Waals surface area (Å²) in [7, 11) is 0. The number of rotatable bonds is 35. The normalized spacial score (nSPS) is 28.7. The van der Waals surface area contributed by atoms with Crippen LogP contribution >= 0.6 is 0 Å². The average Bonchev–Trinajstić information content (AvgIpc) is 3.22. The van der Waals surface area contributed by atoms with Gasteiger partial charge in [-0.2, -0.15) is 0 Å². The van der Waals surface area contributed by atoms with Gasteiger partial charge in [-0.1, -0.05) is 162 Å². The largest absolute Gasteiger partial charge is 0.394 e. The van der Waals surface area contributed by atoms with Gasteiger partial charge in [0.25, 0.3) is 0 Å². The van der Waals surface area contributed by atoms with Crippen molar-refractivity contribution in [1.82, 2.24) is 5.32 Å². The van der Waals surface area contributed by atoms with E-state index in [9.17, 15) is 45.6 Å². The minimum absolute atomic E-state index is 0.208. The van der Waals surface area contributed by atoms with E-state index >= 15 is 0 Å². The van der Waals surface area contributed by atoms with Gasteiger partial charge >= 0.3 is 0 Å². The van der Waals surface area contributed by atoms with Crippen LogP contribution < -0.4 is 5.32 Å². The second kappa shape index (κ2) is 32.7. The molecule has 0 radical (unpaired) electrons. The predicted molar refractivity (Wildman–Crippen MR) is 222 cm³/mol. The highest BCUT2D eigenvalue weighted by atomic mass is 16.7. The van der Waals surface area contributed by atoms with Gasteiger partial charge in [-0.05, 0) is 12.8 Å². The number of hydrogen-bond acceptors (Lipinski definition) is 13. The van der Waals surface area contributed by atoms with E-state index in [-0.39, 0.29) is 12.5 Å². The number of carbonyl (C=O) groups excluding carboxylic acids is 1. The Morgan fingerprint density at radius 2 is 0.983 bits per heavy atom. The molecule has 0 aromatic carbocycles. The molecule has 58 heavy (non-hydrogen) atoms. The molecule has 14 nitrogen and oxygen atoms in total. The van der Waals surface area contributed by atoms with Gasteiger partial charge in [-0.3, -0.25) is 4.79 Å². The van der Waals surface area contributed by atoms with Gasteiger partial charge in [-0.25, -0.2) is 0 Å². The van der Waals surface area contributed by atoms with Crippen molar-refractivity contribution in [2.75, 3.05) is 19.8 Å². The fraction of sp³-hybridized carbons (Fsp3) is 0.977. The predicted octanol–water partition coefficient (Wildman–Crippen LogP) is 4.66. The van der Waals surface area contributed by atoms with Crippen molar-refractivity contribution < 1.29 is 64.6 Å². The molecule has 0 bridgehead atoms. The SMILES string of the molecule is CCCCCCCCCCCCCCCC(O)C(COC1OC(CO)C(OC2OC(CO)C(O)C(O)C2O)C(O)C1O)NC(=O)CCCCCCCCCCCCC. The molecule has 0 aromatic heterocycles. The van der Waals surface area contributed by atoms with Crippen molar-refractivity contribution >= 4 is 5.91 Å². The van der Waals surface area contributed by atoms with E-state index in [0.29, 0.717) is 12.8 Å². The fourth-order valence-corrected chi connectivity index (χ4v) is 7.94. The highest BCUT2D eigenvalue weighted by molar-refractivity contribution is 5.76. The lowest BCUT2D eigenvalue weighted by molar-refractivity contribution is -0.359. The molecular formula is C44H85NO13. The van der Waals surface area contributed by atoms with Crippen LogP contribution in [-0.4, -0.2) is 140 Å². The molecule has 2 heterocycles. The van der Waals surface area contributed by atoms with Crippen molar-refractivity contribution in [3.63, 3.8) is 0 Å². The summed E-state index contributed by atoms with van der Waals surface area (Å²) in [5, 5.41) is 86.6. The third-order valence-electron chi connectivity index (χ3n) is 11.8. The van der Waals surface area contributed by atoms with E-state index in [1.165, 1.54) is 103 Å². The first-order valence-corrected chi connectivity index (χ1v) is 23.3. The van der Waals surface area contributed by atoms with Gasteiger partial charge < -0.3 is 65.1 Å². The summed E-state index contributed by atoms with van der Waals surface area (Å²) in [6.07, 6.45) is 12.5. The van der Waals surface area contributed by atoms with Crippen LogP contribution in [0, 0.1) is 0 Å². The third-order valence-corrected chi connectivity index (χ3v) is 11.8. The molecule has 0 aromatic rings. The van der Waals surface area contributed by atoms with Gasteiger partial charge in [0.1, 0.15) is 48.8 Å². The van der Waals surface area contributed by atoms with E-state index in [4.69, 9.17) is 18.9 Å². The maximum Gasteiger partial charge on any atom is 0.220 e. The molecule has 344 valence electrons. The number of amides is 1. The Morgan fingerprint density at radius 3 is 1.47 bits per heavy atom. The van der Waals surface area contributed by atoms with Gasteiger partial charge in [0.15, 0.2) is 12.6 Å². The Balaban J connectivity index is 1.88. The zero-order valence-electron chi connectivity index (χ0n) is 36.1. The minimum atomic E-state index is -1.78. The maximum atomic E-state index is 13.1. The fourth-order valence-electron chi connectivity index (χ4n) is 7.94. The van der Waals surface area contributed by atoms with E-state index in [1.807, 2.05) is 0 Å². The van der Waals surface area contributed by atoms with Crippen LogP contribution in [0.5, 0.6) is 0 Å². The lowest BCUT2D eigenvalue weighted by atomic mass is 9.97. The van der Waals surface area contributed by atoms with Crippen LogP contribution in [0.1, 0.15) is 181 Å². The van der Waals surface area contributed by atoms with Crippen LogP contribution in [-0.2, 0) is 23.7 Å². The topological polar surface area (TPSA) is 228 Å². The first kappa shape index (κ1) is 53.1. The number of aliphatic hydroxyl groups excluding tert-OH is 8. The molecule has 2 aliphatic heterocycles. The quantitative estimate of drug-likeness (QED) is 0.0397. The Morgan fingerprint density at radius 1 is 0.552 bits per heavy atom. The van der Waals surface area contributed by atoms with E-state index in [1.54, 1.807) is 0 Å². The highest BCUT2D eigenvalue weighted by Crippen LogP contribution is 2.30. The first-order valence-electron chi connectivity index (χ1n) is 23.3. The molecule has 2 fully saturated rings. The smallest absolute Gasteiger partial charge is 0.220 e. The first-order chi connectivity index (χ1) is 28.1. The maximum absolute atomic E-state index is 13.1. The number of nitrogens with one attached hydrogen (secondary N) is 1. The summed E-state index contributed by atoms with van der Waals surface area (Å²) in [4.78, 5) is 13.1. The molecule has 2 rings (SSSR count). The summed E-state index contributed by atoms with van der Waals surface area (Å²) in [6.45, 7) is 2.82. The van der Waals surface area contributed by atoms with Crippen molar-refractivity contribution in [2.24, 2.45) is 0 Å². The van der Waals surface area contributed by atoms with Gasteiger partial charge in [0.2, 0.25) is 5.91 Å². The van der Waals surface area contributed by atoms with E-state index in [0.717, 1.165) is 51.4 Å². The lowest BCUT2D eigenvalue weighted by Gasteiger charge is -2.46. The number of ether oxygens (including phenoxy) is 4. The van der Waals surface area contributed by atoms with E-state index in [2.05, 4.69) is 19.2 Å². The van der Waals surface area contributed by atoms with Crippen molar-refractivity contribution in [3.8, 4) is 0 Å². The van der Waals surface area contributed by atoms with Crippen LogP contribution in [0.15, 0.2) is 0 Å². The van der Waals surface area contributed by atoms with Gasteiger partial charge in [0, 0.05) is 6.42 Å². The van der Waals surface area contributed by atoms with Gasteiger partial charge in [0.05, 0.1) is 32.0 Å². The standard InChI is InChI=1S/C44H85NO13/c1-3-5-7-9-11-13-15-16-18-19-21-23-25-27-33(48)32(45-36(49)28-26-24-22-20-17-14-12-10-8-6-4-2)31-55-43-41(54)39(52)42(35(30-47)57-43)58-44-40(53)38(51)37(50)34(29-46)56-44/h32-35,37-44,46-48,50-54H,3-31H2,1-2H3,(H,45,49). The molecular weight excluding hydrogens is 750 g/mol. The summed E-state index contributed by atoms with van der Waals surface area (Å²) >= 11 is 0. The van der Waals surface area contributed by atoms with Crippen LogP contribution in [0.25, 0.3) is 0 Å². The number of aliphatic hydroxyl groups is 8. The van der Waals surface area contributed by atoms with Crippen LogP contribution in [0.2, 0.25) is 0 Å². The van der Waals surface area contributed by atoms with Crippen molar-refractivity contribution in [1.29, 1.82) is 0 Å². The second-order valence-electron chi connectivity index (χ2n) is 16.9. The monoisotopic (exact) mass is 836 g/mol. The zero-order chi connectivity index (χ0) is 42.5. The zero-order valence-corrected chi connectivity index (χ0v) is 36.1. The van der Waals surface area contributed by atoms with Crippen LogP contribution in [0.4, 0.5) is 0 Å². The third kappa shape index (κ3) is 20.7. The number of hydrogen-bond donors (Lipinski definition) is 9. The minimum Gasteiger partial charge on any atom is -0.394 e. The highest BCUT2D eigenvalue weighted by Gasteiger charge is 2.51. The summed E-state index contributed by atoms with van der Waals surface area (Å²) in [5.74, 6) is -0.208. The summed E-state index contributed by atoms with van der Waals surface area (Å²) < 4.78 is 22.7. The molecule has 9 N–H and O–H groups in total. The molecule has 1 amide bonds. The Kier molecular flexibility index (Phi) is 29.9. The molecule has 0 spiro atoms. The van der Waals surface area contributed by atoms with Crippen molar-refractivity contribution in [3.05, 3.63) is 0 Å². The molecule has 0 saturated carbocycles.